The first-order chi connectivity index (χ1) is 11.5. The molecule has 0 aliphatic carbocycles. The number of aromatic nitrogens is 1. The molecule has 3 aromatic rings. The van der Waals surface area contributed by atoms with Crippen LogP contribution in [0.2, 0.25) is 0 Å². The molecule has 122 valence electrons. The zero-order valence-corrected chi connectivity index (χ0v) is 14.1. The maximum absolute atomic E-state index is 12.4. The molecule has 4 nitrogen and oxygen atoms in total. The van der Waals surface area contributed by atoms with Crippen LogP contribution in [0.15, 0.2) is 73.1 Å². The maximum atomic E-state index is 12.4. The molecule has 0 atom stereocenters. The normalized spacial score (nSPS) is 11.2. The molecule has 0 saturated carbocycles. The van der Waals surface area contributed by atoms with Crippen molar-refractivity contribution in [1.82, 2.24) is 4.98 Å². The number of nitrogens with zero attached hydrogens (tertiary/aromatic N) is 1. The molecule has 1 aromatic heterocycles. The minimum atomic E-state index is -3.50. The lowest BCUT2D eigenvalue weighted by Gasteiger charge is -2.10. The Morgan fingerprint density at radius 3 is 2.38 bits per heavy atom. The second-order valence-corrected chi connectivity index (χ2v) is 7.34. The summed E-state index contributed by atoms with van der Waals surface area (Å²) in [5, 5.41) is 0. The molecule has 0 spiro atoms. The molecular formula is C19H18N2O2S. The highest BCUT2D eigenvalue weighted by atomic mass is 32.2. The van der Waals surface area contributed by atoms with Crippen LogP contribution in [-0.4, -0.2) is 13.4 Å². The van der Waals surface area contributed by atoms with Crippen LogP contribution in [0.25, 0.3) is 11.1 Å². The zero-order chi connectivity index (χ0) is 17.0. The van der Waals surface area contributed by atoms with Crippen molar-refractivity contribution in [2.75, 3.05) is 4.72 Å². The Hall–Kier alpha value is -2.66. The van der Waals surface area contributed by atoms with Gasteiger partial charge in [0.25, 0.3) is 0 Å². The Morgan fingerprint density at radius 2 is 1.62 bits per heavy atom. The van der Waals surface area contributed by atoms with Gasteiger partial charge in [-0.3, -0.25) is 9.71 Å². The minimum absolute atomic E-state index is 0.0603. The molecule has 2 aromatic carbocycles. The van der Waals surface area contributed by atoms with Gasteiger partial charge in [0.2, 0.25) is 10.0 Å². The number of sulfonamides is 1. The Morgan fingerprint density at radius 1 is 0.917 bits per heavy atom. The van der Waals surface area contributed by atoms with E-state index >= 15 is 0 Å². The van der Waals surface area contributed by atoms with E-state index in [9.17, 15) is 8.42 Å². The number of benzene rings is 2. The Bertz CT molecular complexity index is 938. The zero-order valence-electron chi connectivity index (χ0n) is 13.3. The highest BCUT2D eigenvalue weighted by Gasteiger charge is 2.13. The predicted molar refractivity (Wildman–Crippen MR) is 97.1 cm³/mol. The van der Waals surface area contributed by atoms with E-state index in [4.69, 9.17) is 0 Å². The van der Waals surface area contributed by atoms with Gasteiger partial charge in [0.1, 0.15) is 0 Å². The summed E-state index contributed by atoms with van der Waals surface area (Å²) in [5.74, 6) is -0.0603. The highest BCUT2D eigenvalue weighted by Crippen LogP contribution is 2.22. The van der Waals surface area contributed by atoms with Gasteiger partial charge >= 0.3 is 0 Å². The summed E-state index contributed by atoms with van der Waals surface area (Å²) < 4.78 is 27.5. The van der Waals surface area contributed by atoms with Gasteiger partial charge in [-0.05, 0) is 29.7 Å². The number of hydrogen-bond donors (Lipinski definition) is 1. The van der Waals surface area contributed by atoms with E-state index in [0.717, 1.165) is 22.3 Å². The van der Waals surface area contributed by atoms with Crippen LogP contribution in [0, 0.1) is 6.92 Å². The lowest BCUT2D eigenvalue weighted by atomic mass is 10.1. The van der Waals surface area contributed by atoms with E-state index in [1.54, 1.807) is 12.3 Å². The van der Waals surface area contributed by atoms with Gasteiger partial charge in [-0.2, -0.15) is 0 Å². The average molecular weight is 338 g/mol. The van der Waals surface area contributed by atoms with E-state index < -0.39 is 10.0 Å². The van der Waals surface area contributed by atoms with Crippen molar-refractivity contribution in [2.45, 2.75) is 12.7 Å². The fourth-order valence-electron chi connectivity index (χ4n) is 2.48. The molecule has 0 aliphatic rings. The standard InChI is InChI=1S/C19H18N2O2S/c1-15-7-5-6-10-17(15)14-24(22,23)21-19-11-18(12-20-13-19)16-8-3-2-4-9-16/h2-13,21H,14H2,1H3. The summed E-state index contributed by atoms with van der Waals surface area (Å²) in [6.07, 6.45) is 3.23. The summed E-state index contributed by atoms with van der Waals surface area (Å²) >= 11 is 0. The third-order valence-corrected chi connectivity index (χ3v) is 4.96. The van der Waals surface area contributed by atoms with Crippen molar-refractivity contribution in [2.24, 2.45) is 0 Å². The van der Waals surface area contributed by atoms with E-state index in [1.165, 1.54) is 6.20 Å². The average Bonchev–Trinajstić information content (AvgIpc) is 2.57. The molecule has 1 heterocycles. The third kappa shape index (κ3) is 4.00. The quantitative estimate of drug-likeness (QED) is 0.765. The fourth-order valence-corrected chi connectivity index (χ4v) is 3.75. The lowest BCUT2D eigenvalue weighted by Crippen LogP contribution is -2.15. The van der Waals surface area contributed by atoms with Crippen molar-refractivity contribution in [3.05, 3.63) is 84.2 Å². The molecule has 1 N–H and O–H groups in total. The van der Waals surface area contributed by atoms with E-state index in [0.29, 0.717) is 5.69 Å². The van der Waals surface area contributed by atoms with Crippen LogP contribution in [0.3, 0.4) is 0 Å². The summed E-state index contributed by atoms with van der Waals surface area (Å²) in [6, 6.07) is 19.0. The van der Waals surface area contributed by atoms with Crippen molar-refractivity contribution in [3.8, 4) is 11.1 Å². The van der Waals surface area contributed by atoms with Gasteiger partial charge in [-0.1, -0.05) is 54.6 Å². The van der Waals surface area contributed by atoms with Crippen LogP contribution < -0.4 is 4.72 Å². The fraction of sp³-hybridized carbons (Fsp3) is 0.105. The van der Waals surface area contributed by atoms with Crippen LogP contribution in [-0.2, 0) is 15.8 Å². The van der Waals surface area contributed by atoms with E-state index in [1.807, 2.05) is 61.5 Å². The maximum Gasteiger partial charge on any atom is 0.236 e. The molecule has 0 amide bonds. The van der Waals surface area contributed by atoms with E-state index in [2.05, 4.69) is 9.71 Å². The van der Waals surface area contributed by atoms with Crippen LogP contribution >= 0.6 is 0 Å². The Labute approximate surface area is 142 Å². The largest absolute Gasteiger partial charge is 0.282 e. The monoisotopic (exact) mass is 338 g/mol. The van der Waals surface area contributed by atoms with E-state index in [-0.39, 0.29) is 5.75 Å². The van der Waals surface area contributed by atoms with Crippen molar-refractivity contribution < 1.29 is 8.42 Å². The summed E-state index contributed by atoms with van der Waals surface area (Å²) in [6.45, 7) is 1.91. The molecule has 0 bridgehead atoms. The summed E-state index contributed by atoms with van der Waals surface area (Å²) in [4.78, 5) is 4.14. The molecule has 5 heteroatoms. The number of nitrogens with one attached hydrogen (secondary N) is 1. The van der Waals surface area contributed by atoms with Crippen molar-refractivity contribution >= 4 is 15.7 Å². The molecule has 0 fully saturated rings. The minimum Gasteiger partial charge on any atom is -0.282 e. The van der Waals surface area contributed by atoms with Crippen molar-refractivity contribution in [1.29, 1.82) is 0 Å². The predicted octanol–water partition coefficient (Wildman–Crippen LogP) is 4.00. The van der Waals surface area contributed by atoms with Gasteiger partial charge in [0.15, 0.2) is 0 Å². The molecule has 0 saturated heterocycles. The number of hydrogen-bond acceptors (Lipinski definition) is 3. The van der Waals surface area contributed by atoms with Gasteiger partial charge in [0, 0.05) is 11.8 Å². The van der Waals surface area contributed by atoms with Crippen LogP contribution in [0.5, 0.6) is 0 Å². The Kier molecular flexibility index (Phi) is 4.62. The SMILES string of the molecule is Cc1ccccc1CS(=O)(=O)Nc1cncc(-c2ccccc2)c1. The number of pyridine rings is 1. The smallest absolute Gasteiger partial charge is 0.236 e. The topological polar surface area (TPSA) is 59.1 Å². The second-order valence-electron chi connectivity index (χ2n) is 5.62. The number of aryl methyl sites for hydroxylation is 1. The van der Waals surface area contributed by atoms with Gasteiger partial charge < -0.3 is 0 Å². The molecular weight excluding hydrogens is 320 g/mol. The summed E-state index contributed by atoms with van der Waals surface area (Å²) in [7, 11) is -3.50. The van der Waals surface area contributed by atoms with Crippen LogP contribution in [0.4, 0.5) is 5.69 Å². The second kappa shape index (κ2) is 6.84. The molecule has 0 aliphatic heterocycles. The third-order valence-electron chi connectivity index (χ3n) is 3.73. The first kappa shape index (κ1) is 16.2. The van der Waals surface area contributed by atoms with Crippen molar-refractivity contribution in [3.63, 3.8) is 0 Å². The molecule has 3 rings (SSSR count). The molecule has 24 heavy (non-hydrogen) atoms. The van der Waals surface area contributed by atoms with Crippen LogP contribution in [0.1, 0.15) is 11.1 Å². The first-order valence-electron chi connectivity index (χ1n) is 7.59. The highest BCUT2D eigenvalue weighted by molar-refractivity contribution is 7.91. The first-order valence-corrected chi connectivity index (χ1v) is 9.24. The summed E-state index contributed by atoms with van der Waals surface area (Å²) in [5.41, 5.74) is 4.07. The molecule has 0 unspecified atom stereocenters. The molecule has 0 radical (unpaired) electrons. The lowest BCUT2D eigenvalue weighted by molar-refractivity contribution is 0.600. The number of rotatable bonds is 5. The van der Waals surface area contributed by atoms with Gasteiger partial charge in [-0.15, -0.1) is 0 Å². The van der Waals surface area contributed by atoms with Gasteiger partial charge in [-0.25, -0.2) is 8.42 Å². The Balaban J connectivity index is 1.82. The van der Waals surface area contributed by atoms with Gasteiger partial charge in [0.05, 0.1) is 17.6 Å². The number of anilines is 1.